The first kappa shape index (κ1) is 13.0. The van der Waals surface area contributed by atoms with Crippen LogP contribution in [0, 0.1) is 6.57 Å². The van der Waals surface area contributed by atoms with Crippen LogP contribution in [0.1, 0.15) is 5.56 Å². The molecule has 17 heavy (non-hydrogen) atoms. The molecule has 1 aromatic rings. The lowest BCUT2D eigenvalue weighted by Crippen LogP contribution is -2.34. The standard InChI is InChI=1S/C12H14N2O3/c1-14-7-11(13)12(15)17-8-9-3-5-10(16-2)6-4-9/h3-6,11H,7-8,13H2,2H3. The van der Waals surface area contributed by atoms with Crippen LogP contribution in [0.15, 0.2) is 24.3 Å². The summed E-state index contributed by atoms with van der Waals surface area (Å²) in [5.74, 6) is 0.182. The molecule has 0 bridgehead atoms. The first-order chi connectivity index (χ1) is 8.17. The molecule has 0 fully saturated rings. The molecular weight excluding hydrogens is 220 g/mol. The van der Waals surface area contributed by atoms with E-state index in [1.165, 1.54) is 0 Å². The van der Waals surface area contributed by atoms with Crippen LogP contribution in [-0.4, -0.2) is 25.7 Å². The summed E-state index contributed by atoms with van der Waals surface area (Å²) in [5, 5.41) is 0. The third kappa shape index (κ3) is 4.13. The van der Waals surface area contributed by atoms with Gasteiger partial charge in [0.1, 0.15) is 12.4 Å². The number of hydrogen-bond acceptors (Lipinski definition) is 4. The number of ether oxygens (including phenoxy) is 2. The Bertz CT molecular complexity index is 409. The van der Waals surface area contributed by atoms with E-state index >= 15 is 0 Å². The Hall–Kier alpha value is -2.06. The summed E-state index contributed by atoms with van der Waals surface area (Å²) in [5.41, 5.74) is 6.27. The number of nitrogens with zero attached hydrogens (tertiary/aromatic N) is 1. The van der Waals surface area contributed by atoms with Crippen molar-refractivity contribution in [1.29, 1.82) is 0 Å². The Balaban J connectivity index is 2.44. The van der Waals surface area contributed by atoms with Crippen molar-refractivity contribution in [1.82, 2.24) is 0 Å². The maximum atomic E-state index is 11.3. The molecule has 0 aliphatic rings. The van der Waals surface area contributed by atoms with Gasteiger partial charge in [-0.3, -0.25) is 4.79 Å². The normalized spacial score (nSPS) is 11.4. The Morgan fingerprint density at radius 2 is 2.12 bits per heavy atom. The summed E-state index contributed by atoms with van der Waals surface area (Å²) in [6, 6.07) is 6.29. The lowest BCUT2D eigenvalue weighted by Gasteiger charge is -2.07. The molecule has 90 valence electrons. The molecule has 1 rings (SSSR count). The number of rotatable bonds is 5. The molecule has 0 saturated heterocycles. The minimum Gasteiger partial charge on any atom is -0.497 e. The molecule has 0 aliphatic carbocycles. The van der Waals surface area contributed by atoms with Gasteiger partial charge in [-0.25, -0.2) is 6.57 Å². The van der Waals surface area contributed by atoms with Crippen molar-refractivity contribution < 1.29 is 14.3 Å². The quantitative estimate of drug-likeness (QED) is 0.609. The average molecular weight is 234 g/mol. The summed E-state index contributed by atoms with van der Waals surface area (Å²) in [7, 11) is 1.58. The Labute approximate surface area is 100.0 Å². The van der Waals surface area contributed by atoms with Crippen molar-refractivity contribution >= 4 is 5.97 Å². The highest BCUT2D eigenvalue weighted by Gasteiger charge is 2.17. The first-order valence-corrected chi connectivity index (χ1v) is 5.05. The molecule has 1 aromatic carbocycles. The molecule has 0 radical (unpaired) electrons. The molecule has 0 aliphatic heterocycles. The second-order valence-corrected chi connectivity index (χ2v) is 3.40. The van der Waals surface area contributed by atoms with Crippen LogP contribution in [0.2, 0.25) is 0 Å². The molecule has 2 N–H and O–H groups in total. The predicted octanol–water partition coefficient (Wildman–Crippen LogP) is 0.985. The van der Waals surface area contributed by atoms with E-state index in [1.54, 1.807) is 31.4 Å². The van der Waals surface area contributed by atoms with Crippen molar-refractivity contribution in [3.63, 3.8) is 0 Å². The largest absolute Gasteiger partial charge is 0.497 e. The molecule has 0 amide bonds. The number of carbonyl (C=O) groups is 1. The van der Waals surface area contributed by atoms with Gasteiger partial charge in [-0.15, -0.1) is 0 Å². The number of carbonyl (C=O) groups excluding carboxylic acids is 1. The molecule has 1 unspecified atom stereocenters. The van der Waals surface area contributed by atoms with Crippen molar-refractivity contribution in [2.45, 2.75) is 12.6 Å². The SMILES string of the molecule is [C-]#[N+]CC(N)C(=O)OCc1ccc(OC)cc1. The number of esters is 1. The number of methoxy groups -OCH3 is 1. The van der Waals surface area contributed by atoms with E-state index in [1.807, 2.05) is 0 Å². The second kappa shape index (κ2) is 6.51. The van der Waals surface area contributed by atoms with Crippen LogP contribution in [0.3, 0.4) is 0 Å². The maximum absolute atomic E-state index is 11.3. The zero-order valence-corrected chi connectivity index (χ0v) is 9.55. The molecule has 0 saturated carbocycles. The van der Waals surface area contributed by atoms with E-state index in [9.17, 15) is 4.79 Å². The monoisotopic (exact) mass is 234 g/mol. The van der Waals surface area contributed by atoms with Gasteiger partial charge in [0.15, 0.2) is 6.04 Å². The van der Waals surface area contributed by atoms with Crippen LogP contribution in [0.25, 0.3) is 4.85 Å². The van der Waals surface area contributed by atoms with Gasteiger partial charge in [-0.1, -0.05) is 12.1 Å². The molecule has 0 heterocycles. The Morgan fingerprint density at radius 1 is 1.47 bits per heavy atom. The predicted molar refractivity (Wildman–Crippen MR) is 62.2 cm³/mol. The topological polar surface area (TPSA) is 65.9 Å². The number of hydrogen-bond donors (Lipinski definition) is 1. The van der Waals surface area contributed by atoms with Crippen LogP contribution in [-0.2, 0) is 16.1 Å². The highest BCUT2D eigenvalue weighted by atomic mass is 16.5. The molecule has 1 atom stereocenters. The van der Waals surface area contributed by atoms with E-state index in [0.29, 0.717) is 0 Å². The Kier molecular flexibility index (Phi) is 4.98. The highest BCUT2D eigenvalue weighted by Crippen LogP contribution is 2.12. The smallest absolute Gasteiger partial charge is 0.331 e. The summed E-state index contributed by atoms with van der Waals surface area (Å²) >= 11 is 0. The summed E-state index contributed by atoms with van der Waals surface area (Å²) < 4.78 is 9.97. The third-order valence-electron chi connectivity index (χ3n) is 2.13. The van der Waals surface area contributed by atoms with E-state index in [0.717, 1.165) is 11.3 Å². The lowest BCUT2D eigenvalue weighted by molar-refractivity contribution is -0.146. The highest BCUT2D eigenvalue weighted by molar-refractivity contribution is 5.76. The van der Waals surface area contributed by atoms with Gasteiger partial charge in [0.05, 0.1) is 7.11 Å². The van der Waals surface area contributed by atoms with Gasteiger partial charge >= 0.3 is 5.97 Å². The van der Waals surface area contributed by atoms with Gasteiger partial charge in [0.2, 0.25) is 6.54 Å². The zero-order valence-electron chi connectivity index (χ0n) is 9.55. The second-order valence-electron chi connectivity index (χ2n) is 3.40. The van der Waals surface area contributed by atoms with Gasteiger partial charge in [-0.2, -0.15) is 0 Å². The van der Waals surface area contributed by atoms with Crippen molar-refractivity contribution in [3.05, 3.63) is 41.2 Å². The zero-order chi connectivity index (χ0) is 12.7. The third-order valence-corrected chi connectivity index (χ3v) is 2.13. The molecule has 0 spiro atoms. The summed E-state index contributed by atoms with van der Waals surface area (Å²) in [6.45, 7) is 6.68. The van der Waals surface area contributed by atoms with E-state index < -0.39 is 12.0 Å². The average Bonchev–Trinajstić information content (AvgIpc) is 2.36. The van der Waals surface area contributed by atoms with Gasteiger partial charge in [-0.05, 0) is 17.7 Å². The van der Waals surface area contributed by atoms with E-state index in [2.05, 4.69) is 4.85 Å². The fourth-order valence-electron chi connectivity index (χ4n) is 1.16. The lowest BCUT2D eigenvalue weighted by atomic mass is 10.2. The van der Waals surface area contributed by atoms with Crippen LogP contribution < -0.4 is 10.5 Å². The minimum atomic E-state index is -0.870. The molecular formula is C12H14N2O3. The van der Waals surface area contributed by atoms with Crippen LogP contribution in [0.4, 0.5) is 0 Å². The molecule has 0 aromatic heterocycles. The maximum Gasteiger partial charge on any atom is 0.331 e. The molecule has 5 heteroatoms. The van der Waals surface area contributed by atoms with Crippen molar-refractivity contribution in [2.24, 2.45) is 5.73 Å². The van der Waals surface area contributed by atoms with Crippen molar-refractivity contribution in [2.75, 3.05) is 13.7 Å². The van der Waals surface area contributed by atoms with E-state index in [4.69, 9.17) is 21.8 Å². The fraction of sp³-hybridized carbons (Fsp3) is 0.333. The van der Waals surface area contributed by atoms with Gasteiger partial charge < -0.3 is 20.1 Å². The Morgan fingerprint density at radius 3 is 2.65 bits per heavy atom. The van der Waals surface area contributed by atoms with Crippen LogP contribution >= 0.6 is 0 Å². The minimum absolute atomic E-state index is 0.0541. The molecule has 5 nitrogen and oxygen atoms in total. The van der Waals surface area contributed by atoms with E-state index in [-0.39, 0.29) is 13.2 Å². The van der Waals surface area contributed by atoms with Gasteiger partial charge in [0.25, 0.3) is 0 Å². The number of nitrogens with two attached hydrogens (primary N) is 1. The van der Waals surface area contributed by atoms with Gasteiger partial charge in [0, 0.05) is 0 Å². The summed E-state index contributed by atoms with van der Waals surface area (Å²) in [4.78, 5) is 14.4. The fourth-order valence-corrected chi connectivity index (χ4v) is 1.16. The first-order valence-electron chi connectivity index (χ1n) is 5.05. The van der Waals surface area contributed by atoms with Crippen molar-refractivity contribution in [3.8, 4) is 5.75 Å². The number of benzene rings is 1. The van der Waals surface area contributed by atoms with Crippen LogP contribution in [0.5, 0.6) is 5.75 Å². The summed E-state index contributed by atoms with van der Waals surface area (Å²) in [6.07, 6.45) is 0.